The van der Waals surface area contributed by atoms with Crippen molar-refractivity contribution in [1.29, 1.82) is 0 Å². The summed E-state index contributed by atoms with van der Waals surface area (Å²) in [5.41, 5.74) is 5.63. The highest BCUT2D eigenvalue weighted by Gasteiger charge is 2.41. The van der Waals surface area contributed by atoms with Crippen molar-refractivity contribution in [3.63, 3.8) is 0 Å². The molecule has 0 heterocycles. The lowest BCUT2D eigenvalue weighted by atomic mass is 9.96. The molecule has 0 aromatic heterocycles. The van der Waals surface area contributed by atoms with E-state index in [0.29, 0.717) is 19.3 Å². The molecule has 1 atom stereocenters. The second kappa shape index (κ2) is 6.31. The predicted molar refractivity (Wildman–Crippen MR) is 81.5 cm³/mol. The summed E-state index contributed by atoms with van der Waals surface area (Å²) < 4.78 is 0. The van der Waals surface area contributed by atoms with E-state index in [-0.39, 0.29) is 5.91 Å². The number of nitrogens with one attached hydrogen (secondary N) is 1. The normalized spacial score (nSPS) is 18.4. The van der Waals surface area contributed by atoms with Crippen LogP contribution in [-0.2, 0) is 16.0 Å². The summed E-state index contributed by atoms with van der Waals surface area (Å²) in [7, 11) is 0. The lowest BCUT2D eigenvalue weighted by Gasteiger charge is -2.28. The van der Waals surface area contributed by atoms with E-state index in [2.05, 4.69) is 17.9 Å². The molecule has 20 heavy (non-hydrogen) atoms. The Morgan fingerprint density at radius 2 is 1.85 bits per heavy atom. The smallest absolute Gasteiger partial charge is 0.243 e. The van der Waals surface area contributed by atoms with E-state index in [1.807, 2.05) is 30.3 Å². The van der Waals surface area contributed by atoms with Crippen LogP contribution in [0.3, 0.4) is 0 Å². The van der Waals surface area contributed by atoms with Gasteiger partial charge in [-0.05, 0) is 24.8 Å². The molecule has 0 radical (unpaired) electrons. The van der Waals surface area contributed by atoms with Gasteiger partial charge in [0, 0.05) is 0 Å². The number of carbonyl (C=O) groups is 2. The summed E-state index contributed by atoms with van der Waals surface area (Å²) in [5, 5.41) is 2.34. The Balaban J connectivity index is 1.98. The van der Waals surface area contributed by atoms with Crippen LogP contribution in [0.15, 0.2) is 30.3 Å². The molecule has 0 spiro atoms. The number of hydrogen-bond acceptors (Lipinski definition) is 3. The molecule has 3 N–H and O–H groups in total. The van der Waals surface area contributed by atoms with Crippen molar-refractivity contribution in [2.75, 3.05) is 0 Å². The van der Waals surface area contributed by atoms with Crippen LogP contribution in [0.2, 0.25) is 0 Å². The summed E-state index contributed by atoms with van der Waals surface area (Å²) in [5.74, 6) is -0.665. The van der Waals surface area contributed by atoms with Gasteiger partial charge < -0.3 is 11.1 Å². The van der Waals surface area contributed by atoms with E-state index in [0.717, 1.165) is 18.4 Å². The van der Waals surface area contributed by atoms with E-state index in [1.165, 1.54) is 0 Å². The predicted octanol–water partition coefficient (Wildman–Crippen LogP) is 1.44. The van der Waals surface area contributed by atoms with Gasteiger partial charge in [0.1, 0.15) is 5.54 Å². The Labute approximate surface area is 124 Å². The summed E-state index contributed by atoms with van der Waals surface area (Å²) in [4.78, 5) is 23.8. The van der Waals surface area contributed by atoms with Crippen LogP contribution in [0.4, 0.5) is 0 Å². The number of benzene rings is 1. The highest BCUT2D eigenvalue weighted by molar-refractivity contribution is 7.81. The minimum Gasteiger partial charge on any atom is -0.368 e. The van der Waals surface area contributed by atoms with E-state index in [1.54, 1.807) is 0 Å². The second-order valence-electron chi connectivity index (χ2n) is 5.35. The first-order valence-electron chi connectivity index (χ1n) is 6.87. The monoisotopic (exact) mass is 292 g/mol. The van der Waals surface area contributed by atoms with Crippen molar-refractivity contribution in [2.24, 2.45) is 5.73 Å². The quantitative estimate of drug-likeness (QED) is 0.719. The van der Waals surface area contributed by atoms with Crippen LogP contribution in [0, 0.1) is 0 Å². The molecule has 1 aromatic carbocycles. The molecular formula is C15H20N2O2S. The Kier molecular flexibility index (Phi) is 4.70. The molecule has 1 aromatic rings. The topological polar surface area (TPSA) is 72.2 Å². The third kappa shape index (κ3) is 3.33. The van der Waals surface area contributed by atoms with Crippen molar-refractivity contribution in [3.05, 3.63) is 35.9 Å². The number of hydrogen-bond donors (Lipinski definition) is 3. The van der Waals surface area contributed by atoms with Gasteiger partial charge in [-0.1, -0.05) is 43.2 Å². The van der Waals surface area contributed by atoms with Crippen molar-refractivity contribution in [2.45, 2.75) is 42.9 Å². The molecule has 1 fully saturated rings. The minimum absolute atomic E-state index is 0.224. The van der Waals surface area contributed by atoms with Gasteiger partial charge in [0.2, 0.25) is 11.8 Å². The fourth-order valence-electron chi connectivity index (χ4n) is 2.66. The summed E-state index contributed by atoms with van der Waals surface area (Å²) in [6.07, 6.45) is 3.61. The van der Waals surface area contributed by atoms with Gasteiger partial charge in [-0.25, -0.2) is 0 Å². The van der Waals surface area contributed by atoms with Crippen molar-refractivity contribution in [1.82, 2.24) is 5.32 Å². The SMILES string of the molecule is NC(=O)C1(NC(=O)C(S)Cc2ccccc2)CCCC1. The van der Waals surface area contributed by atoms with Gasteiger partial charge in [-0.15, -0.1) is 0 Å². The van der Waals surface area contributed by atoms with Crippen molar-refractivity contribution < 1.29 is 9.59 Å². The number of rotatable bonds is 5. The minimum atomic E-state index is -0.866. The Morgan fingerprint density at radius 1 is 1.25 bits per heavy atom. The Hall–Kier alpha value is -1.49. The molecule has 1 aliphatic carbocycles. The highest BCUT2D eigenvalue weighted by Crippen LogP contribution is 2.29. The summed E-state index contributed by atoms with van der Waals surface area (Å²) >= 11 is 4.35. The molecule has 1 saturated carbocycles. The lowest BCUT2D eigenvalue weighted by molar-refractivity contribution is -0.131. The number of carbonyl (C=O) groups excluding carboxylic acids is 2. The van der Waals surface area contributed by atoms with Crippen LogP contribution >= 0.6 is 12.6 Å². The van der Waals surface area contributed by atoms with Crippen LogP contribution in [0.5, 0.6) is 0 Å². The fourth-order valence-corrected chi connectivity index (χ4v) is 2.94. The molecule has 5 heteroatoms. The summed E-state index contributed by atoms with van der Waals surface area (Å²) in [6, 6.07) is 9.69. The number of primary amides is 1. The molecule has 2 rings (SSSR count). The zero-order valence-electron chi connectivity index (χ0n) is 11.3. The number of thiol groups is 1. The molecule has 0 bridgehead atoms. The first kappa shape index (κ1) is 14.9. The Morgan fingerprint density at radius 3 is 2.40 bits per heavy atom. The maximum Gasteiger partial charge on any atom is 0.243 e. The second-order valence-corrected chi connectivity index (χ2v) is 5.97. The average molecular weight is 292 g/mol. The molecule has 1 aliphatic rings. The molecular weight excluding hydrogens is 272 g/mol. The maximum absolute atomic E-state index is 12.2. The third-order valence-electron chi connectivity index (χ3n) is 3.87. The number of amides is 2. The van der Waals surface area contributed by atoms with Gasteiger partial charge in [-0.2, -0.15) is 12.6 Å². The maximum atomic E-state index is 12.2. The number of nitrogens with two attached hydrogens (primary N) is 1. The molecule has 0 aliphatic heterocycles. The highest BCUT2D eigenvalue weighted by atomic mass is 32.1. The third-order valence-corrected chi connectivity index (χ3v) is 4.28. The fraction of sp³-hybridized carbons (Fsp3) is 0.467. The van der Waals surface area contributed by atoms with Crippen LogP contribution in [0.1, 0.15) is 31.2 Å². The first-order valence-corrected chi connectivity index (χ1v) is 7.39. The van der Waals surface area contributed by atoms with E-state index < -0.39 is 16.7 Å². The lowest BCUT2D eigenvalue weighted by Crippen LogP contribution is -2.57. The van der Waals surface area contributed by atoms with Gasteiger partial charge in [0.15, 0.2) is 0 Å². The van der Waals surface area contributed by atoms with E-state index in [9.17, 15) is 9.59 Å². The Bertz CT molecular complexity index is 484. The van der Waals surface area contributed by atoms with Crippen molar-refractivity contribution >= 4 is 24.4 Å². The summed E-state index contributed by atoms with van der Waals surface area (Å²) in [6.45, 7) is 0. The van der Waals surface area contributed by atoms with Gasteiger partial charge in [-0.3, -0.25) is 9.59 Å². The van der Waals surface area contributed by atoms with Gasteiger partial charge in [0.05, 0.1) is 5.25 Å². The zero-order valence-corrected chi connectivity index (χ0v) is 12.2. The standard InChI is InChI=1S/C15H20N2O2S/c16-14(19)15(8-4-5-9-15)17-13(18)12(20)10-11-6-2-1-3-7-11/h1-3,6-7,12,20H,4-5,8-10H2,(H2,16,19)(H,17,18). The van der Waals surface area contributed by atoms with Crippen molar-refractivity contribution in [3.8, 4) is 0 Å². The molecule has 1 unspecified atom stereocenters. The van der Waals surface area contributed by atoms with Gasteiger partial charge >= 0.3 is 0 Å². The van der Waals surface area contributed by atoms with E-state index in [4.69, 9.17) is 5.73 Å². The van der Waals surface area contributed by atoms with Gasteiger partial charge in [0.25, 0.3) is 0 Å². The average Bonchev–Trinajstić information content (AvgIpc) is 2.89. The van der Waals surface area contributed by atoms with Crippen LogP contribution in [-0.4, -0.2) is 22.6 Å². The van der Waals surface area contributed by atoms with E-state index >= 15 is 0 Å². The molecule has 0 saturated heterocycles. The largest absolute Gasteiger partial charge is 0.368 e. The zero-order chi connectivity index (χ0) is 14.6. The van der Waals surface area contributed by atoms with Crippen LogP contribution < -0.4 is 11.1 Å². The molecule has 4 nitrogen and oxygen atoms in total. The van der Waals surface area contributed by atoms with Crippen LogP contribution in [0.25, 0.3) is 0 Å². The molecule has 2 amide bonds. The first-order chi connectivity index (χ1) is 9.53. The molecule has 108 valence electrons.